The zero-order valence-electron chi connectivity index (χ0n) is 24.8. The van der Waals surface area contributed by atoms with Crippen molar-refractivity contribution in [3.63, 3.8) is 0 Å². The summed E-state index contributed by atoms with van der Waals surface area (Å²) in [7, 11) is 2.68. The third kappa shape index (κ3) is 7.86. The van der Waals surface area contributed by atoms with Crippen LogP contribution in [-0.4, -0.2) is 80.8 Å². The van der Waals surface area contributed by atoms with Crippen LogP contribution in [0.15, 0.2) is 97.1 Å². The molecule has 0 radical (unpaired) electrons. The number of hydrogen-bond acceptors (Lipinski definition) is 10. The number of methoxy groups -OCH3 is 2. The van der Waals surface area contributed by atoms with Crippen molar-refractivity contribution in [3.05, 3.63) is 108 Å². The Morgan fingerprint density at radius 1 is 0.578 bits per heavy atom. The first-order valence-corrected chi connectivity index (χ1v) is 14.3. The van der Waals surface area contributed by atoms with Crippen LogP contribution in [0.1, 0.15) is 20.7 Å². The number of ether oxygens (including phenoxy) is 6. The largest absolute Gasteiger partial charge is 0.491 e. The van der Waals surface area contributed by atoms with E-state index >= 15 is 0 Å². The molecule has 1 fully saturated rings. The van der Waals surface area contributed by atoms with Crippen molar-refractivity contribution in [3.8, 4) is 33.8 Å². The Bertz CT molecular complexity index is 1430. The highest BCUT2D eigenvalue weighted by Crippen LogP contribution is 2.26. The van der Waals surface area contributed by atoms with Crippen molar-refractivity contribution < 1.29 is 48.2 Å². The summed E-state index contributed by atoms with van der Waals surface area (Å²) in [5.74, 6) is 0.332. The molecule has 10 heteroatoms. The first-order chi connectivity index (χ1) is 21.9. The lowest BCUT2D eigenvalue weighted by atomic mass is 10.0. The number of carbonyl (C=O) groups excluding carboxylic acids is 2. The van der Waals surface area contributed by atoms with Crippen molar-refractivity contribution in [2.24, 2.45) is 0 Å². The highest BCUT2D eigenvalue weighted by atomic mass is 16.7. The molecule has 10 nitrogen and oxygen atoms in total. The third-order valence-corrected chi connectivity index (χ3v) is 7.49. The summed E-state index contributed by atoms with van der Waals surface area (Å²) in [6.07, 6.45) is -4.21. The van der Waals surface area contributed by atoms with Gasteiger partial charge < -0.3 is 38.6 Å². The van der Waals surface area contributed by atoms with Crippen LogP contribution in [0, 0.1) is 0 Å². The number of aliphatic hydroxyl groups excluding tert-OH is 2. The Hall–Kier alpha value is -4.74. The predicted octanol–water partition coefficient (Wildman–Crippen LogP) is 4.51. The van der Waals surface area contributed by atoms with Crippen LogP contribution in [0.5, 0.6) is 11.5 Å². The fourth-order valence-electron chi connectivity index (χ4n) is 4.82. The van der Waals surface area contributed by atoms with Gasteiger partial charge in [-0.05, 0) is 70.8 Å². The molecule has 4 aromatic rings. The minimum absolute atomic E-state index is 0.00952. The van der Waals surface area contributed by atoms with Crippen LogP contribution in [0.3, 0.4) is 0 Å². The van der Waals surface area contributed by atoms with Gasteiger partial charge >= 0.3 is 11.9 Å². The van der Waals surface area contributed by atoms with E-state index in [4.69, 9.17) is 28.4 Å². The summed E-state index contributed by atoms with van der Waals surface area (Å²) < 4.78 is 32.4. The summed E-state index contributed by atoms with van der Waals surface area (Å²) >= 11 is 0. The van der Waals surface area contributed by atoms with Crippen molar-refractivity contribution in [1.82, 2.24) is 0 Å². The number of carbonyl (C=O) groups is 2. The Labute approximate surface area is 260 Å². The van der Waals surface area contributed by atoms with Crippen LogP contribution in [-0.2, 0) is 18.9 Å². The maximum absolute atomic E-state index is 11.7. The maximum Gasteiger partial charge on any atom is 0.337 e. The van der Waals surface area contributed by atoms with E-state index in [2.05, 4.69) is 0 Å². The minimum atomic E-state index is -1.27. The van der Waals surface area contributed by atoms with Gasteiger partial charge in [-0.25, -0.2) is 9.59 Å². The molecule has 5 rings (SSSR count). The molecule has 0 saturated carbocycles. The molecule has 0 aromatic heterocycles. The molecule has 234 valence electrons. The van der Waals surface area contributed by atoms with Gasteiger partial charge in [-0.15, -0.1) is 0 Å². The van der Waals surface area contributed by atoms with E-state index in [-0.39, 0.29) is 20.0 Å². The average Bonchev–Trinajstić information content (AvgIpc) is 3.23. The van der Waals surface area contributed by atoms with Gasteiger partial charge in [-0.3, -0.25) is 0 Å². The average molecular weight is 615 g/mol. The van der Waals surface area contributed by atoms with Gasteiger partial charge in [0, 0.05) is 0 Å². The van der Waals surface area contributed by atoms with Crippen LogP contribution in [0.4, 0.5) is 0 Å². The molecule has 1 heterocycles. The number of hydrogen-bond donors (Lipinski definition) is 2. The highest BCUT2D eigenvalue weighted by Gasteiger charge is 2.37. The van der Waals surface area contributed by atoms with E-state index in [1.54, 1.807) is 48.5 Å². The quantitative estimate of drug-likeness (QED) is 0.246. The fourth-order valence-corrected chi connectivity index (χ4v) is 4.82. The lowest BCUT2D eigenvalue weighted by Crippen LogP contribution is -2.47. The molecule has 45 heavy (non-hydrogen) atoms. The molecule has 0 amide bonds. The zero-order chi connectivity index (χ0) is 31.8. The Kier molecular flexibility index (Phi) is 10.4. The molecule has 1 aliphatic rings. The lowest BCUT2D eigenvalue weighted by Gasteiger charge is -2.26. The predicted molar refractivity (Wildman–Crippen MR) is 164 cm³/mol. The van der Waals surface area contributed by atoms with E-state index in [0.29, 0.717) is 22.6 Å². The van der Waals surface area contributed by atoms with E-state index in [1.165, 1.54) is 14.2 Å². The molecular formula is C35H34O10. The molecule has 0 bridgehead atoms. The van der Waals surface area contributed by atoms with Gasteiger partial charge in [-0.2, -0.15) is 0 Å². The van der Waals surface area contributed by atoms with Gasteiger partial charge in [0.2, 0.25) is 0 Å². The van der Waals surface area contributed by atoms with E-state index < -0.39 is 36.4 Å². The zero-order valence-corrected chi connectivity index (χ0v) is 24.8. The number of esters is 2. The smallest absolute Gasteiger partial charge is 0.337 e. The van der Waals surface area contributed by atoms with Gasteiger partial charge in [0.1, 0.15) is 55.9 Å². The second kappa shape index (κ2) is 14.8. The molecule has 4 atom stereocenters. The first-order valence-electron chi connectivity index (χ1n) is 14.3. The molecule has 4 aromatic carbocycles. The van der Waals surface area contributed by atoms with Crippen molar-refractivity contribution in [1.29, 1.82) is 0 Å². The van der Waals surface area contributed by atoms with Crippen LogP contribution >= 0.6 is 0 Å². The van der Waals surface area contributed by atoms with Gasteiger partial charge in [0.15, 0.2) is 0 Å². The standard InChI is InChI=1S/C35H34O10/c1-40-34(38)26-7-3-22(4-8-26)24-11-15-28(16-12-24)42-19-30-32(36)33(37)31(45-21-44-30)20-43-29-17-13-25(14-18-29)23-5-9-27(10-6-23)35(39)41-2/h3-18,30-33,36-37H,19-21H2,1-2H3/t30-,31-,32-,33-/m1/s1. The number of rotatable bonds is 10. The van der Waals surface area contributed by atoms with E-state index in [0.717, 1.165) is 22.3 Å². The normalized spacial score (nSPS) is 19.6. The molecular weight excluding hydrogens is 580 g/mol. The molecule has 0 spiro atoms. The summed E-state index contributed by atoms with van der Waals surface area (Å²) in [5, 5.41) is 21.6. The third-order valence-electron chi connectivity index (χ3n) is 7.49. The fraction of sp³-hybridized carbons (Fsp3) is 0.257. The summed E-state index contributed by atoms with van der Waals surface area (Å²) in [4.78, 5) is 23.3. The Morgan fingerprint density at radius 2 is 0.889 bits per heavy atom. The van der Waals surface area contributed by atoms with Gasteiger partial charge in [0.05, 0.1) is 25.3 Å². The second-order valence-electron chi connectivity index (χ2n) is 10.3. The molecule has 0 aliphatic carbocycles. The van der Waals surface area contributed by atoms with Crippen LogP contribution in [0.25, 0.3) is 22.3 Å². The van der Waals surface area contributed by atoms with Crippen LogP contribution < -0.4 is 9.47 Å². The Balaban J connectivity index is 1.11. The van der Waals surface area contributed by atoms with Gasteiger partial charge in [0.25, 0.3) is 0 Å². The molecule has 1 aliphatic heterocycles. The van der Waals surface area contributed by atoms with E-state index in [1.807, 2.05) is 48.5 Å². The highest BCUT2D eigenvalue weighted by molar-refractivity contribution is 5.90. The van der Waals surface area contributed by atoms with Gasteiger partial charge in [-0.1, -0.05) is 48.5 Å². The number of aliphatic hydroxyl groups is 2. The SMILES string of the molecule is COC(=O)c1ccc(-c2ccc(OC[C@H]3OCO[C@H](COc4ccc(-c5ccc(C(=O)OC)cc5)cc4)[C@@H](O)[C@@H]3O)cc2)cc1. The van der Waals surface area contributed by atoms with E-state index in [9.17, 15) is 19.8 Å². The maximum atomic E-state index is 11.7. The molecule has 0 unspecified atom stereocenters. The minimum Gasteiger partial charge on any atom is -0.491 e. The van der Waals surface area contributed by atoms with Crippen molar-refractivity contribution in [2.45, 2.75) is 24.4 Å². The summed E-state index contributed by atoms with van der Waals surface area (Å²) in [6.45, 7) is -0.175. The molecule has 1 saturated heterocycles. The Morgan fingerprint density at radius 3 is 1.20 bits per heavy atom. The number of benzene rings is 4. The molecule has 2 N–H and O–H groups in total. The summed E-state index contributed by atoms with van der Waals surface area (Å²) in [6, 6.07) is 28.8. The van der Waals surface area contributed by atoms with Crippen molar-refractivity contribution in [2.75, 3.05) is 34.2 Å². The lowest BCUT2D eigenvalue weighted by molar-refractivity contribution is -0.119. The van der Waals surface area contributed by atoms with Crippen molar-refractivity contribution >= 4 is 11.9 Å². The second-order valence-corrected chi connectivity index (χ2v) is 10.3. The monoisotopic (exact) mass is 614 g/mol. The topological polar surface area (TPSA) is 130 Å². The first kappa shape index (κ1) is 31.7. The van der Waals surface area contributed by atoms with Crippen LogP contribution in [0.2, 0.25) is 0 Å². The summed E-state index contributed by atoms with van der Waals surface area (Å²) in [5.41, 5.74) is 4.65.